The minimum atomic E-state index is 0.222. The largest absolute Gasteiger partial charge is 0.356 e. The lowest BCUT2D eigenvalue weighted by Crippen LogP contribution is -2.48. The summed E-state index contributed by atoms with van der Waals surface area (Å²) in [5.41, 5.74) is 1.62. The third kappa shape index (κ3) is 3.88. The summed E-state index contributed by atoms with van der Waals surface area (Å²) in [5, 5.41) is 11.7. The summed E-state index contributed by atoms with van der Waals surface area (Å²) in [7, 11) is 1.84. The number of fused-ring (bicyclic) bond motifs is 1. The third-order valence-corrected chi connectivity index (χ3v) is 6.37. The van der Waals surface area contributed by atoms with Crippen molar-refractivity contribution in [1.29, 1.82) is 0 Å². The van der Waals surface area contributed by atoms with Gasteiger partial charge in [0.05, 0.1) is 6.54 Å². The Balaban J connectivity index is 1.36. The number of aromatic nitrogens is 3. The predicted octanol–water partition coefficient (Wildman–Crippen LogP) is 2.81. The molecule has 1 fully saturated rings. The van der Waals surface area contributed by atoms with Crippen molar-refractivity contribution >= 4 is 21.9 Å². The standard InChI is InChI=1S/C20H27BrN6/c1-3-17-25-18-9-8-14(12-27(18)26-17)24-19(22-2)23-13-20(10-11-20)15-6-4-5-7-16(15)21/h4-7,14H,3,8-13H2,1-2H3,(H2,22,23,24). The van der Waals surface area contributed by atoms with Gasteiger partial charge in [0, 0.05) is 42.4 Å². The van der Waals surface area contributed by atoms with Crippen LogP contribution >= 0.6 is 15.9 Å². The third-order valence-electron chi connectivity index (χ3n) is 5.68. The van der Waals surface area contributed by atoms with E-state index in [2.05, 4.69) is 77.5 Å². The first-order valence-electron chi connectivity index (χ1n) is 9.78. The van der Waals surface area contributed by atoms with E-state index in [9.17, 15) is 0 Å². The second kappa shape index (κ2) is 7.62. The number of aryl methyl sites for hydroxylation is 2. The van der Waals surface area contributed by atoms with Gasteiger partial charge in [0.2, 0.25) is 0 Å². The lowest BCUT2D eigenvalue weighted by Gasteiger charge is -2.26. The Bertz CT molecular complexity index is 839. The maximum Gasteiger partial charge on any atom is 0.191 e. The molecule has 1 atom stereocenters. The highest BCUT2D eigenvalue weighted by molar-refractivity contribution is 9.10. The summed E-state index contributed by atoms with van der Waals surface area (Å²) in [6.45, 7) is 3.84. The van der Waals surface area contributed by atoms with Crippen molar-refractivity contribution in [3.8, 4) is 0 Å². The summed E-state index contributed by atoms with van der Waals surface area (Å²) in [5.74, 6) is 2.92. The molecule has 2 aliphatic rings. The van der Waals surface area contributed by atoms with Crippen LogP contribution in [-0.4, -0.2) is 40.4 Å². The molecule has 1 unspecified atom stereocenters. The summed E-state index contributed by atoms with van der Waals surface area (Å²) in [4.78, 5) is 9.04. The lowest BCUT2D eigenvalue weighted by atomic mass is 9.96. The monoisotopic (exact) mass is 430 g/mol. The molecule has 1 aliphatic carbocycles. The Labute approximate surface area is 169 Å². The molecular weight excluding hydrogens is 404 g/mol. The fourth-order valence-electron chi connectivity index (χ4n) is 3.85. The molecule has 0 radical (unpaired) electrons. The molecule has 7 heteroatoms. The van der Waals surface area contributed by atoms with E-state index in [0.29, 0.717) is 6.04 Å². The summed E-state index contributed by atoms with van der Waals surface area (Å²) >= 11 is 3.71. The highest BCUT2D eigenvalue weighted by Gasteiger charge is 2.45. The maximum atomic E-state index is 4.60. The van der Waals surface area contributed by atoms with E-state index in [-0.39, 0.29) is 5.41 Å². The molecule has 0 saturated heterocycles. The molecule has 1 aliphatic heterocycles. The Morgan fingerprint density at radius 2 is 2.19 bits per heavy atom. The Kier molecular flexibility index (Phi) is 5.21. The molecule has 144 valence electrons. The van der Waals surface area contributed by atoms with Crippen molar-refractivity contribution < 1.29 is 0 Å². The number of guanidine groups is 1. The average Bonchev–Trinajstić information content (AvgIpc) is 3.36. The van der Waals surface area contributed by atoms with Gasteiger partial charge in [0.15, 0.2) is 11.8 Å². The van der Waals surface area contributed by atoms with Crippen LogP contribution in [0.1, 0.15) is 43.4 Å². The van der Waals surface area contributed by atoms with Gasteiger partial charge in [-0.2, -0.15) is 5.10 Å². The van der Waals surface area contributed by atoms with Crippen molar-refractivity contribution in [3.63, 3.8) is 0 Å². The molecule has 1 aromatic carbocycles. The van der Waals surface area contributed by atoms with E-state index in [1.54, 1.807) is 0 Å². The first kappa shape index (κ1) is 18.5. The van der Waals surface area contributed by atoms with E-state index < -0.39 is 0 Å². The minimum Gasteiger partial charge on any atom is -0.356 e. The van der Waals surface area contributed by atoms with Crippen LogP contribution in [0.5, 0.6) is 0 Å². The molecule has 2 aromatic rings. The highest BCUT2D eigenvalue weighted by Crippen LogP contribution is 2.49. The molecule has 2 heterocycles. The van der Waals surface area contributed by atoms with Gasteiger partial charge in [-0.1, -0.05) is 41.1 Å². The van der Waals surface area contributed by atoms with Crippen LogP contribution in [0.15, 0.2) is 33.7 Å². The van der Waals surface area contributed by atoms with Crippen LogP contribution in [0.25, 0.3) is 0 Å². The van der Waals surface area contributed by atoms with Gasteiger partial charge in [0.25, 0.3) is 0 Å². The Morgan fingerprint density at radius 3 is 2.89 bits per heavy atom. The first-order chi connectivity index (χ1) is 13.1. The second-order valence-electron chi connectivity index (χ2n) is 7.55. The fourth-order valence-corrected chi connectivity index (χ4v) is 4.56. The van der Waals surface area contributed by atoms with Gasteiger partial charge in [0.1, 0.15) is 5.82 Å². The van der Waals surface area contributed by atoms with E-state index >= 15 is 0 Å². The quantitative estimate of drug-likeness (QED) is 0.565. The summed E-state index contributed by atoms with van der Waals surface area (Å²) in [6, 6.07) is 8.88. The molecule has 6 nitrogen and oxygen atoms in total. The first-order valence-corrected chi connectivity index (χ1v) is 10.6. The zero-order valence-electron chi connectivity index (χ0n) is 16.0. The Morgan fingerprint density at radius 1 is 1.37 bits per heavy atom. The number of rotatable bonds is 5. The molecule has 1 aromatic heterocycles. The van der Waals surface area contributed by atoms with Gasteiger partial charge >= 0.3 is 0 Å². The normalized spacial score (nSPS) is 20.9. The Hall–Kier alpha value is -1.89. The number of hydrogen-bond donors (Lipinski definition) is 2. The van der Waals surface area contributed by atoms with Gasteiger partial charge in [-0.15, -0.1) is 0 Å². The van der Waals surface area contributed by atoms with E-state index in [4.69, 9.17) is 0 Å². The van der Waals surface area contributed by atoms with Crippen LogP contribution in [0, 0.1) is 0 Å². The molecule has 2 N–H and O–H groups in total. The molecule has 1 saturated carbocycles. The summed E-state index contributed by atoms with van der Waals surface area (Å²) < 4.78 is 3.25. The van der Waals surface area contributed by atoms with Crippen LogP contribution in [0.3, 0.4) is 0 Å². The predicted molar refractivity (Wildman–Crippen MR) is 111 cm³/mol. The molecule has 0 spiro atoms. The van der Waals surface area contributed by atoms with Crippen LogP contribution < -0.4 is 10.6 Å². The number of aliphatic imine (C=N–C) groups is 1. The second-order valence-corrected chi connectivity index (χ2v) is 8.40. The van der Waals surface area contributed by atoms with E-state index in [0.717, 1.165) is 50.0 Å². The van der Waals surface area contributed by atoms with Crippen LogP contribution in [-0.2, 0) is 24.8 Å². The van der Waals surface area contributed by atoms with Crippen LogP contribution in [0.4, 0.5) is 0 Å². The topological polar surface area (TPSA) is 67.1 Å². The van der Waals surface area contributed by atoms with Crippen molar-refractivity contribution in [2.24, 2.45) is 4.99 Å². The number of nitrogens with one attached hydrogen (secondary N) is 2. The van der Waals surface area contributed by atoms with Crippen molar-refractivity contribution in [3.05, 3.63) is 46.0 Å². The van der Waals surface area contributed by atoms with Gasteiger partial charge in [-0.05, 0) is 30.9 Å². The highest BCUT2D eigenvalue weighted by atomic mass is 79.9. The van der Waals surface area contributed by atoms with Crippen molar-refractivity contribution in [1.82, 2.24) is 25.4 Å². The van der Waals surface area contributed by atoms with Gasteiger partial charge < -0.3 is 10.6 Å². The molecule has 27 heavy (non-hydrogen) atoms. The number of nitrogens with zero attached hydrogens (tertiary/aromatic N) is 4. The van der Waals surface area contributed by atoms with Gasteiger partial charge in [-0.25, -0.2) is 9.67 Å². The SMILES string of the molecule is CCc1nc2n(n1)CC(NC(=NC)NCC1(c3ccccc3Br)CC1)CC2. The van der Waals surface area contributed by atoms with Crippen LogP contribution in [0.2, 0.25) is 0 Å². The average molecular weight is 431 g/mol. The molecule has 4 rings (SSSR count). The smallest absolute Gasteiger partial charge is 0.191 e. The van der Waals surface area contributed by atoms with Crippen molar-refractivity contribution in [2.45, 2.75) is 57.0 Å². The zero-order chi connectivity index (χ0) is 18.9. The van der Waals surface area contributed by atoms with Crippen molar-refractivity contribution in [2.75, 3.05) is 13.6 Å². The number of benzene rings is 1. The minimum absolute atomic E-state index is 0.222. The molecule has 0 amide bonds. The number of halogens is 1. The maximum absolute atomic E-state index is 4.60. The number of hydrogen-bond acceptors (Lipinski definition) is 3. The lowest BCUT2D eigenvalue weighted by molar-refractivity contribution is 0.391. The molecule has 0 bridgehead atoms. The van der Waals surface area contributed by atoms with E-state index in [1.165, 1.54) is 22.9 Å². The molecular formula is C20H27BrN6. The van der Waals surface area contributed by atoms with Gasteiger partial charge in [-0.3, -0.25) is 4.99 Å². The summed E-state index contributed by atoms with van der Waals surface area (Å²) in [6.07, 6.45) is 5.33. The fraction of sp³-hybridized carbons (Fsp3) is 0.550. The zero-order valence-corrected chi connectivity index (χ0v) is 17.6. The van der Waals surface area contributed by atoms with E-state index in [1.807, 2.05) is 7.05 Å².